The van der Waals surface area contributed by atoms with E-state index in [2.05, 4.69) is 27.7 Å². The average Bonchev–Trinajstić information content (AvgIpc) is 1.96. The monoisotopic (exact) mass is 188 g/mol. The van der Waals surface area contributed by atoms with Gasteiger partial charge in [0.05, 0.1) is 0 Å². The fraction of sp³-hybridized carbons (Fsp3) is 1.00. The molecule has 0 bridgehead atoms. The fourth-order valence-corrected chi connectivity index (χ4v) is 3.52. The molecule has 0 spiro atoms. The molecule has 0 saturated carbocycles. The minimum absolute atomic E-state index is 0.676. The van der Waals surface area contributed by atoms with Crippen LogP contribution in [0.1, 0.15) is 40.5 Å². The Morgan fingerprint density at radius 1 is 0.917 bits per heavy atom. The van der Waals surface area contributed by atoms with Gasteiger partial charge in [0.15, 0.2) is 0 Å². The van der Waals surface area contributed by atoms with E-state index < -0.39 is 14.6 Å². The first-order valence-electron chi connectivity index (χ1n) is 5.16. The first kappa shape index (κ1) is 12.5. The van der Waals surface area contributed by atoms with Crippen molar-refractivity contribution in [3.05, 3.63) is 0 Å². The third kappa shape index (κ3) is 8.56. The van der Waals surface area contributed by atoms with Gasteiger partial charge in [-0.25, -0.2) is 0 Å². The van der Waals surface area contributed by atoms with Crippen LogP contribution in [0.5, 0.6) is 0 Å². The molecule has 72 valence electrons. The Morgan fingerprint density at radius 3 is 1.50 bits per heavy atom. The van der Waals surface area contributed by atoms with Gasteiger partial charge < -0.3 is 3.52 Å². The van der Waals surface area contributed by atoms with Crippen molar-refractivity contribution < 1.29 is 3.52 Å². The van der Waals surface area contributed by atoms with E-state index in [0.29, 0.717) is 11.8 Å². The zero-order valence-corrected chi connectivity index (χ0v) is 10.1. The molecule has 0 unspecified atom stereocenters. The third-order valence-corrected chi connectivity index (χ3v) is 4.03. The fourth-order valence-electron chi connectivity index (χ4n) is 1.17. The summed E-state index contributed by atoms with van der Waals surface area (Å²) in [5.41, 5.74) is 0. The van der Waals surface area contributed by atoms with Crippen LogP contribution >= 0.6 is 0 Å². The summed E-state index contributed by atoms with van der Waals surface area (Å²) >= 11 is -1.81. The van der Waals surface area contributed by atoms with Crippen LogP contribution < -0.4 is 0 Å². The molecule has 0 nitrogen and oxygen atoms in total. The van der Waals surface area contributed by atoms with Crippen LogP contribution in [-0.2, 0) is 0 Å². The molecule has 0 aliphatic carbocycles. The van der Waals surface area contributed by atoms with Crippen molar-refractivity contribution in [2.24, 2.45) is 11.8 Å². The highest BCUT2D eigenvalue weighted by atomic mass is 27.2. The highest BCUT2D eigenvalue weighted by Crippen LogP contribution is 2.15. The Kier molecular flexibility index (Phi) is 7.19. The summed E-state index contributed by atoms with van der Waals surface area (Å²) in [7, 11) is 0. The first-order chi connectivity index (χ1) is 5.52. The highest BCUT2D eigenvalue weighted by molar-refractivity contribution is 6.50. The van der Waals surface area contributed by atoms with Crippen molar-refractivity contribution in [1.82, 2.24) is 0 Å². The van der Waals surface area contributed by atoms with Gasteiger partial charge in [0.1, 0.15) is 0 Å². The maximum absolute atomic E-state index is 13.3. The lowest BCUT2D eigenvalue weighted by molar-refractivity contribution is 0.587. The van der Waals surface area contributed by atoms with Crippen molar-refractivity contribution >= 4 is 14.6 Å². The number of halogens is 1. The van der Waals surface area contributed by atoms with Gasteiger partial charge in [-0.15, -0.1) is 0 Å². The summed E-state index contributed by atoms with van der Waals surface area (Å²) in [6, 6.07) is 0. The van der Waals surface area contributed by atoms with Gasteiger partial charge in [-0.1, -0.05) is 51.1 Å². The average molecular weight is 188 g/mol. The maximum atomic E-state index is 13.3. The van der Waals surface area contributed by atoms with Crippen molar-refractivity contribution in [1.29, 1.82) is 0 Å². The van der Waals surface area contributed by atoms with Crippen LogP contribution in [0.25, 0.3) is 0 Å². The molecule has 0 aromatic rings. The van der Waals surface area contributed by atoms with E-state index >= 15 is 0 Å². The number of hydrogen-bond donors (Lipinski definition) is 0. The maximum Gasteiger partial charge on any atom is 0.516 e. The van der Waals surface area contributed by atoms with E-state index in [1.807, 2.05) is 0 Å². The Labute approximate surface area is 81.4 Å². The molecule has 0 rings (SSSR count). The molecule has 0 heterocycles. The lowest BCUT2D eigenvalue weighted by Gasteiger charge is -2.06. The molecule has 0 aromatic heterocycles. The van der Waals surface area contributed by atoms with E-state index in [0.717, 1.165) is 23.4 Å². The van der Waals surface area contributed by atoms with E-state index in [1.54, 1.807) is 0 Å². The molecule has 0 aliphatic heterocycles. The summed E-state index contributed by atoms with van der Waals surface area (Å²) in [5, 5.41) is 1.79. The smallest absolute Gasteiger partial charge is 0.418 e. The van der Waals surface area contributed by atoms with Gasteiger partial charge in [0.25, 0.3) is 0 Å². The Morgan fingerprint density at radius 2 is 1.25 bits per heavy atom. The van der Waals surface area contributed by atoms with E-state index in [-0.39, 0.29) is 0 Å². The first-order valence-corrected chi connectivity index (χ1v) is 7.23. The standard InChI is InChI=1S/2C5H11.Al.FH/c2*1-4-5(2)3;;/h2*5H,1,4H2,2-3H3;;1H/q;;+1;/p-1. The van der Waals surface area contributed by atoms with Crippen LogP contribution in [0.3, 0.4) is 0 Å². The van der Waals surface area contributed by atoms with Gasteiger partial charge >= 0.3 is 14.6 Å². The van der Waals surface area contributed by atoms with E-state index in [1.165, 1.54) is 0 Å². The van der Waals surface area contributed by atoms with Crippen molar-refractivity contribution in [3.8, 4) is 0 Å². The van der Waals surface area contributed by atoms with Crippen LogP contribution in [0.4, 0.5) is 3.52 Å². The Bertz CT molecular complexity index is 90.0. The largest absolute Gasteiger partial charge is 0.516 e. The zero-order valence-electron chi connectivity index (χ0n) is 8.94. The molecular weight excluding hydrogens is 166 g/mol. The molecule has 2 heteroatoms. The van der Waals surface area contributed by atoms with E-state index in [4.69, 9.17) is 0 Å². The Hall–Kier alpha value is 0.462. The lowest BCUT2D eigenvalue weighted by Crippen LogP contribution is -2.07. The normalized spacial score (nSPS) is 11.2. The zero-order chi connectivity index (χ0) is 9.56. The van der Waals surface area contributed by atoms with Crippen LogP contribution in [0, 0.1) is 11.8 Å². The summed E-state index contributed by atoms with van der Waals surface area (Å²) < 4.78 is 13.3. The second kappa shape index (κ2) is 6.92. The van der Waals surface area contributed by atoms with Gasteiger partial charge in [-0.2, -0.15) is 0 Å². The number of rotatable bonds is 6. The van der Waals surface area contributed by atoms with Crippen molar-refractivity contribution in [2.75, 3.05) is 0 Å². The van der Waals surface area contributed by atoms with Crippen molar-refractivity contribution in [2.45, 2.75) is 51.1 Å². The van der Waals surface area contributed by atoms with Crippen LogP contribution in [-0.4, -0.2) is 14.6 Å². The molecule has 0 aliphatic rings. The molecule has 0 atom stereocenters. The molecule has 0 saturated heterocycles. The summed E-state index contributed by atoms with van der Waals surface area (Å²) in [4.78, 5) is 0. The SMILES string of the molecule is CC(C)C[CH2][Al]([F])[CH2]CC(C)C. The topological polar surface area (TPSA) is 0 Å². The molecule has 12 heavy (non-hydrogen) atoms. The predicted octanol–water partition coefficient (Wildman–Crippen LogP) is 4.04. The second-order valence-electron chi connectivity index (χ2n) is 4.54. The second-order valence-corrected chi connectivity index (χ2v) is 6.89. The molecule has 0 radical (unpaired) electrons. The molecular formula is C10H22AlF. The minimum Gasteiger partial charge on any atom is -0.418 e. The molecule has 0 aromatic carbocycles. The van der Waals surface area contributed by atoms with Crippen molar-refractivity contribution in [3.63, 3.8) is 0 Å². The molecule has 0 N–H and O–H groups in total. The van der Waals surface area contributed by atoms with Gasteiger partial charge in [-0.05, 0) is 11.8 Å². The predicted molar refractivity (Wildman–Crippen MR) is 55.4 cm³/mol. The third-order valence-electron chi connectivity index (χ3n) is 2.11. The van der Waals surface area contributed by atoms with Gasteiger partial charge in [0, 0.05) is 0 Å². The minimum atomic E-state index is -1.81. The highest BCUT2D eigenvalue weighted by Gasteiger charge is 2.18. The summed E-state index contributed by atoms with van der Waals surface area (Å²) in [5.74, 6) is 1.35. The van der Waals surface area contributed by atoms with Gasteiger partial charge in [0.2, 0.25) is 0 Å². The van der Waals surface area contributed by atoms with Crippen LogP contribution in [0.2, 0.25) is 10.6 Å². The Balaban J connectivity index is 3.27. The van der Waals surface area contributed by atoms with Gasteiger partial charge in [-0.3, -0.25) is 0 Å². The lowest BCUT2D eigenvalue weighted by atomic mass is 10.2. The molecule has 0 fully saturated rings. The van der Waals surface area contributed by atoms with Crippen LogP contribution in [0.15, 0.2) is 0 Å². The van der Waals surface area contributed by atoms with E-state index in [9.17, 15) is 3.52 Å². The quantitative estimate of drug-likeness (QED) is 0.552. The summed E-state index contributed by atoms with van der Waals surface area (Å²) in [6.07, 6.45) is 2.18. The summed E-state index contributed by atoms with van der Waals surface area (Å²) in [6.45, 7) is 8.68. The number of hydrogen-bond acceptors (Lipinski definition) is 0. The molecule has 0 amide bonds.